The molecule has 1 aliphatic rings. The minimum absolute atomic E-state index is 0.0473. The van der Waals surface area contributed by atoms with Crippen LogP contribution in [0.25, 0.3) is 0 Å². The fourth-order valence-corrected chi connectivity index (χ4v) is 1.97. The molecular formula is C12H21N3O. The molecule has 4 nitrogen and oxygen atoms in total. The number of hydrogen-bond donors (Lipinski definition) is 1. The lowest BCUT2D eigenvalue weighted by atomic mass is 10.00. The normalized spacial score (nSPS) is 22.5. The van der Waals surface area contributed by atoms with Crippen molar-refractivity contribution in [1.29, 1.82) is 5.26 Å². The van der Waals surface area contributed by atoms with Gasteiger partial charge < -0.3 is 5.32 Å². The maximum Gasteiger partial charge on any atom is 0.234 e. The van der Waals surface area contributed by atoms with E-state index in [1.165, 1.54) is 0 Å². The van der Waals surface area contributed by atoms with Crippen molar-refractivity contribution >= 4 is 5.91 Å². The molecule has 1 atom stereocenters. The number of nitrogens with one attached hydrogen (secondary N) is 1. The zero-order valence-corrected chi connectivity index (χ0v) is 10.4. The van der Waals surface area contributed by atoms with Crippen LogP contribution in [-0.2, 0) is 4.79 Å². The Bertz CT molecular complexity index is 288. The van der Waals surface area contributed by atoms with Crippen LogP contribution >= 0.6 is 0 Å². The number of nitriles is 1. The van der Waals surface area contributed by atoms with Crippen LogP contribution in [-0.4, -0.2) is 36.0 Å². The predicted octanol–water partition coefficient (Wildman–Crippen LogP) is 1.14. The van der Waals surface area contributed by atoms with Gasteiger partial charge in [0.1, 0.15) is 0 Å². The molecule has 16 heavy (non-hydrogen) atoms. The monoisotopic (exact) mass is 223 g/mol. The number of amides is 1. The fourth-order valence-electron chi connectivity index (χ4n) is 1.97. The summed E-state index contributed by atoms with van der Waals surface area (Å²) in [6.45, 7) is 7.98. The van der Waals surface area contributed by atoms with E-state index in [1.54, 1.807) is 0 Å². The van der Waals surface area contributed by atoms with Crippen LogP contribution in [0.5, 0.6) is 0 Å². The number of piperidine rings is 1. The van der Waals surface area contributed by atoms with E-state index in [2.05, 4.69) is 16.3 Å². The highest BCUT2D eigenvalue weighted by Crippen LogP contribution is 2.14. The molecule has 0 aromatic carbocycles. The van der Waals surface area contributed by atoms with Gasteiger partial charge in [-0.3, -0.25) is 9.69 Å². The summed E-state index contributed by atoms with van der Waals surface area (Å²) in [6.07, 6.45) is 1.98. The van der Waals surface area contributed by atoms with E-state index in [-0.39, 0.29) is 17.4 Å². The Kier molecular flexibility index (Phi) is 4.31. The van der Waals surface area contributed by atoms with Gasteiger partial charge >= 0.3 is 0 Å². The highest BCUT2D eigenvalue weighted by molar-refractivity contribution is 5.78. The number of carbonyl (C=O) groups excluding carboxylic acids is 1. The van der Waals surface area contributed by atoms with Gasteiger partial charge in [-0.15, -0.1) is 0 Å². The summed E-state index contributed by atoms with van der Waals surface area (Å²) in [7, 11) is 0. The summed E-state index contributed by atoms with van der Waals surface area (Å²) in [5.74, 6) is 0.141. The van der Waals surface area contributed by atoms with Gasteiger partial charge in [-0.2, -0.15) is 5.26 Å². The van der Waals surface area contributed by atoms with Gasteiger partial charge in [0.05, 0.1) is 18.5 Å². The molecule has 0 aromatic rings. The van der Waals surface area contributed by atoms with E-state index < -0.39 is 0 Å². The van der Waals surface area contributed by atoms with Gasteiger partial charge in [-0.25, -0.2) is 0 Å². The van der Waals surface area contributed by atoms with Crippen molar-refractivity contribution in [2.45, 2.75) is 39.2 Å². The zero-order valence-electron chi connectivity index (χ0n) is 10.4. The van der Waals surface area contributed by atoms with Gasteiger partial charge in [0.2, 0.25) is 5.91 Å². The summed E-state index contributed by atoms with van der Waals surface area (Å²) < 4.78 is 0. The smallest absolute Gasteiger partial charge is 0.234 e. The van der Waals surface area contributed by atoms with Gasteiger partial charge in [0.15, 0.2) is 0 Å². The van der Waals surface area contributed by atoms with Crippen molar-refractivity contribution in [2.24, 2.45) is 5.92 Å². The Morgan fingerprint density at radius 2 is 2.25 bits per heavy atom. The molecular weight excluding hydrogens is 202 g/mol. The third kappa shape index (κ3) is 4.63. The van der Waals surface area contributed by atoms with Crippen LogP contribution in [0.4, 0.5) is 0 Å². The van der Waals surface area contributed by atoms with Crippen LogP contribution in [0.15, 0.2) is 0 Å². The lowest BCUT2D eigenvalue weighted by Crippen LogP contribution is -2.47. The topological polar surface area (TPSA) is 56.1 Å². The lowest BCUT2D eigenvalue weighted by molar-refractivity contribution is -0.124. The van der Waals surface area contributed by atoms with E-state index in [9.17, 15) is 4.79 Å². The van der Waals surface area contributed by atoms with E-state index in [1.807, 2.05) is 20.8 Å². The average Bonchev–Trinajstić information content (AvgIpc) is 2.15. The number of likely N-dealkylation sites (tertiary alicyclic amines) is 1. The number of carbonyl (C=O) groups is 1. The van der Waals surface area contributed by atoms with Crippen molar-refractivity contribution in [3.63, 3.8) is 0 Å². The Morgan fingerprint density at radius 3 is 2.81 bits per heavy atom. The molecule has 1 amide bonds. The van der Waals surface area contributed by atoms with Crippen LogP contribution in [0.1, 0.15) is 33.6 Å². The molecule has 1 unspecified atom stereocenters. The van der Waals surface area contributed by atoms with E-state index in [0.717, 1.165) is 25.9 Å². The van der Waals surface area contributed by atoms with Crippen molar-refractivity contribution in [3.8, 4) is 6.07 Å². The maximum absolute atomic E-state index is 11.7. The number of hydrogen-bond acceptors (Lipinski definition) is 3. The molecule has 0 spiro atoms. The van der Waals surface area contributed by atoms with Gasteiger partial charge in [0, 0.05) is 12.1 Å². The molecule has 1 aliphatic heterocycles. The molecule has 1 heterocycles. The average molecular weight is 223 g/mol. The molecule has 1 N–H and O–H groups in total. The Morgan fingerprint density at radius 1 is 1.56 bits per heavy atom. The Labute approximate surface area is 97.6 Å². The molecule has 0 saturated carbocycles. The summed E-state index contributed by atoms with van der Waals surface area (Å²) in [4.78, 5) is 13.8. The van der Waals surface area contributed by atoms with Crippen molar-refractivity contribution in [1.82, 2.24) is 10.2 Å². The molecule has 0 bridgehead atoms. The van der Waals surface area contributed by atoms with Crippen LogP contribution < -0.4 is 5.32 Å². The molecule has 0 aromatic heterocycles. The van der Waals surface area contributed by atoms with Gasteiger partial charge in [-0.05, 0) is 40.2 Å². The largest absolute Gasteiger partial charge is 0.350 e. The first-order chi connectivity index (χ1) is 7.40. The summed E-state index contributed by atoms with van der Waals surface area (Å²) >= 11 is 0. The molecule has 90 valence electrons. The van der Waals surface area contributed by atoms with Gasteiger partial charge in [-0.1, -0.05) is 0 Å². The zero-order chi connectivity index (χ0) is 12.2. The number of rotatable bonds is 2. The van der Waals surface area contributed by atoms with E-state index in [0.29, 0.717) is 6.54 Å². The predicted molar refractivity (Wildman–Crippen MR) is 62.7 cm³/mol. The van der Waals surface area contributed by atoms with Gasteiger partial charge in [0.25, 0.3) is 0 Å². The van der Waals surface area contributed by atoms with Crippen LogP contribution in [0.2, 0.25) is 0 Å². The van der Waals surface area contributed by atoms with E-state index in [4.69, 9.17) is 5.26 Å². The molecule has 0 aliphatic carbocycles. The number of nitrogens with zero attached hydrogens (tertiary/aromatic N) is 2. The molecule has 1 fully saturated rings. The quantitative estimate of drug-likeness (QED) is 0.763. The highest BCUT2D eigenvalue weighted by atomic mass is 16.2. The SMILES string of the molecule is CC(C)(C)NC(=O)CN1CCCC(C#N)C1. The third-order valence-electron chi connectivity index (χ3n) is 2.57. The lowest BCUT2D eigenvalue weighted by Gasteiger charge is -2.30. The fraction of sp³-hybridized carbons (Fsp3) is 0.833. The standard InChI is InChI=1S/C12H21N3O/c1-12(2,3)14-11(16)9-15-6-4-5-10(7-13)8-15/h10H,4-6,8-9H2,1-3H3,(H,14,16). The van der Waals surface area contributed by atoms with Crippen molar-refractivity contribution in [2.75, 3.05) is 19.6 Å². The maximum atomic E-state index is 11.7. The first-order valence-corrected chi connectivity index (χ1v) is 5.84. The van der Waals surface area contributed by atoms with E-state index >= 15 is 0 Å². The first kappa shape index (κ1) is 13.0. The summed E-state index contributed by atoms with van der Waals surface area (Å²) in [6, 6.07) is 2.28. The summed E-state index contributed by atoms with van der Waals surface area (Å²) in [5, 5.41) is 11.8. The second-order valence-electron chi connectivity index (χ2n) is 5.50. The second kappa shape index (κ2) is 5.31. The molecule has 1 rings (SSSR count). The van der Waals surface area contributed by atoms with Crippen molar-refractivity contribution < 1.29 is 4.79 Å². The molecule has 4 heteroatoms. The minimum atomic E-state index is -0.179. The highest BCUT2D eigenvalue weighted by Gasteiger charge is 2.22. The van der Waals surface area contributed by atoms with Crippen LogP contribution in [0.3, 0.4) is 0 Å². The third-order valence-corrected chi connectivity index (χ3v) is 2.57. The minimum Gasteiger partial charge on any atom is -0.350 e. The van der Waals surface area contributed by atoms with Crippen molar-refractivity contribution in [3.05, 3.63) is 0 Å². The first-order valence-electron chi connectivity index (χ1n) is 5.84. The Hall–Kier alpha value is -1.08. The second-order valence-corrected chi connectivity index (χ2v) is 5.50. The molecule has 1 saturated heterocycles. The summed E-state index contributed by atoms with van der Waals surface area (Å²) in [5.41, 5.74) is -0.179. The van der Waals surface area contributed by atoms with Crippen LogP contribution in [0, 0.1) is 17.2 Å². The Balaban J connectivity index is 2.37. The molecule has 0 radical (unpaired) electrons.